The van der Waals surface area contributed by atoms with E-state index < -0.39 is 0 Å². The van der Waals surface area contributed by atoms with Crippen LogP contribution in [0.5, 0.6) is 5.75 Å². The van der Waals surface area contributed by atoms with E-state index in [1.807, 2.05) is 4.68 Å². The van der Waals surface area contributed by atoms with E-state index in [1.165, 1.54) is 5.56 Å². The molecule has 0 spiro atoms. The first-order valence-corrected chi connectivity index (χ1v) is 11.3. The number of methoxy groups -OCH3 is 1. The van der Waals surface area contributed by atoms with Crippen LogP contribution < -0.4 is 15.8 Å². The first-order chi connectivity index (χ1) is 15.5. The van der Waals surface area contributed by atoms with Gasteiger partial charge in [-0.25, -0.2) is 4.98 Å². The van der Waals surface area contributed by atoms with Gasteiger partial charge in [-0.1, -0.05) is 19.4 Å². The van der Waals surface area contributed by atoms with Crippen LogP contribution in [-0.2, 0) is 13.1 Å². The van der Waals surface area contributed by atoms with Crippen LogP contribution in [0.1, 0.15) is 30.9 Å². The van der Waals surface area contributed by atoms with Crippen LogP contribution >= 0.6 is 0 Å². The number of anilines is 2. The number of likely N-dealkylation sites (tertiary alicyclic amines) is 1. The number of hydrogen-bond acceptors (Lipinski definition) is 8. The van der Waals surface area contributed by atoms with Gasteiger partial charge in [0.05, 0.1) is 19.9 Å². The van der Waals surface area contributed by atoms with Gasteiger partial charge in [0.25, 0.3) is 0 Å². The predicted molar refractivity (Wildman–Crippen MR) is 128 cm³/mol. The number of ether oxygens (including phenoxy) is 1. The predicted octanol–water partition coefficient (Wildman–Crippen LogP) is 2.42. The zero-order chi connectivity index (χ0) is 22.7. The molecule has 1 fully saturated rings. The molecule has 3 heterocycles. The first-order valence-electron chi connectivity index (χ1n) is 11.3. The molecule has 0 amide bonds. The van der Waals surface area contributed by atoms with E-state index in [1.54, 1.807) is 13.3 Å². The van der Waals surface area contributed by atoms with Crippen LogP contribution in [0.3, 0.4) is 0 Å². The minimum absolute atomic E-state index is 0.251. The Kier molecular flexibility index (Phi) is 6.76. The van der Waals surface area contributed by atoms with Crippen LogP contribution in [0.4, 0.5) is 11.8 Å². The second-order valence-electron chi connectivity index (χ2n) is 8.70. The summed E-state index contributed by atoms with van der Waals surface area (Å²) in [5, 5.41) is 7.99. The number of unbranched alkanes of at least 4 members (excludes halogenated alkanes) is 1. The van der Waals surface area contributed by atoms with Crippen LogP contribution in [0.25, 0.3) is 11.0 Å². The van der Waals surface area contributed by atoms with Gasteiger partial charge in [-0.3, -0.25) is 9.58 Å². The summed E-state index contributed by atoms with van der Waals surface area (Å²) >= 11 is 0. The van der Waals surface area contributed by atoms with Crippen molar-refractivity contribution in [2.45, 2.75) is 38.9 Å². The average molecular weight is 439 g/mol. The summed E-state index contributed by atoms with van der Waals surface area (Å²) in [6.45, 7) is 6.69. The molecule has 1 aromatic carbocycles. The molecule has 2 aromatic heterocycles. The fourth-order valence-electron chi connectivity index (χ4n) is 4.12. The third-order valence-corrected chi connectivity index (χ3v) is 6.07. The minimum atomic E-state index is 0.251. The second kappa shape index (κ2) is 9.70. The van der Waals surface area contributed by atoms with Crippen molar-refractivity contribution >= 4 is 22.8 Å². The molecule has 9 heteroatoms. The highest BCUT2D eigenvalue weighted by Crippen LogP contribution is 2.27. The summed E-state index contributed by atoms with van der Waals surface area (Å²) in [7, 11) is 5.99. The number of likely N-dealkylation sites (N-methyl/N-ethyl adjacent to an activating group) is 1. The number of aromatic nitrogens is 4. The summed E-state index contributed by atoms with van der Waals surface area (Å²) in [5.41, 5.74) is 9.88. The zero-order valence-corrected chi connectivity index (χ0v) is 19.5. The van der Waals surface area contributed by atoms with Gasteiger partial charge in [-0.15, -0.1) is 0 Å². The lowest BCUT2D eigenvalue weighted by molar-refractivity contribution is 0.0573. The maximum absolute atomic E-state index is 5.92. The van der Waals surface area contributed by atoms with E-state index in [0.29, 0.717) is 12.6 Å². The van der Waals surface area contributed by atoms with Crippen molar-refractivity contribution in [3.05, 3.63) is 35.5 Å². The lowest BCUT2D eigenvalue weighted by atomic mass is 10.0. The number of rotatable bonds is 10. The summed E-state index contributed by atoms with van der Waals surface area (Å²) in [5.74, 6) is 1.83. The Balaban J connectivity index is 1.57. The quantitative estimate of drug-likeness (QED) is 0.466. The Morgan fingerprint density at radius 2 is 2.03 bits per heavy atom. The molecular weight excluding hydrogens is 404 g/mol. The number of fused-ring (bicyclic) bond motifs is 1. The van der Waals surface area contributed by atoms with Crippen LogP contribution in [0.15, 0.2) is 24.4 Å². The monoisotopic (exact) mass is 438 g/mol. The molecule has 32 heavy (non-hydrogen) atoms. The highest BCUT2D eigenvalue weighted by atomic mass is 16.5. The number of nitrogens with one attached hydrogen (secondary N) is 1. The third-order valence-electron chi connectivity index (χ3n) is 6.07. The van der Waals surface area contributed by atoms with Crippen molar-refractivity contribution in [1.82, 2.24) is 29.5 Å². The molecule has 0 saturated carbocycles. The Labute approximate surface area is 189 Å². The van der Waals surface area contributed by atoms with Gasteiger partial charge in [0.15, 0.2) is 5.82 Å². The van der Waals surface area contributed by atoms with Crippen molar-refractivity contribution < 1.29 is 4.74 Å². The molecule has 3 N–H and O–H groups in total. The van der Waals surface area contributed by atoms with E-state index in [4.69, 9.17) is 10.5 Å². The molecule has 0 aliphatic carbocycles. The standard InChI is InChI=1S/C23H34N8O/c1-5-6-9-25-22-21-19(27-23(24)28-22)11-26-31(21)13-17-10-16(7-8-20(17)32-4)12-30-14-18(15-30)29(2)3/h7-8,10-11,18H,5-6,9,12-15H2,1-4H3,(H3,24,25,27,28). The summed E-state index contributed by atoms with van der Waals surface area (Å²) in [6, 6.07) is 7.06. The maximum atomic E-state index is 5.92. The minimum Gasteiger partial charge on any atom is -0.496 e. The number of nitrogen functional groups attached to an aromatic ring is 1. The number of nitrogens with two attached hydrogens (primary N) is 1. The van der Waals surface area contributed by atoms with Crippen molar-refractivity contribution in [3.8, 4) is 5.75 Å². The lowest BCUT2D eigenvalue weighted by Crippen LogP contribution is -2.56. The van der Waals surface area contributed by atoms with Gasteiger partial charge >= 0.3 is 0 Å². The molecule has 0 unspecified atom stereocenters. The van der Waals surface area contributed by atoms with E-state index in [9.17, 15) is 0 Å². The summed E-state index contributed by atoms with van der Waals surface area (Å²) in [4.78, 5) is 13.6. The molecule has 1 aliphatic rings. The van der Waals surface area contributed by atoms with Crippen LogP contribution in [0.2, 0.25) is 0 Å². The van der Waals surface area contributed by atoms with Crippen molar-refractivity contribution in [3.63, 3.8) is 0 Å². The molecule has 1 saturated heterocycles. The zero-order valence-electron chi connectivity index (χ0n) is 19.5. The molecule has 0 atom stereocenters. The van der Waals surface area contributed by atoms with Gasteiger partial charge in [0, 0.05) is 37.8 Å². The topological polar surface area (TPSA) is 97.4 Å². The van der Waals surface area contributed by atoms with Crippen molar-refractivity contribution in [2.75, 3.05) is 51.9 Å². The fourth-order valence-corrected chi connectivity index (χ4v) is 4.12. The van der Waals surface area contributed by atoms with Crippen molar-refractivity contribution in [1.29, 1.82) is 0 Å². The molecule has 9 nitrogen and oxygen atoms in total. The molecule has 1 aliphatic heterocycles. The molecule has 4 rings (SSSR count). The molecule has 172 valence electrons. The normalized spacial score (nSPS) is 14.8. The Morgan fingerprint density at radius 1 is 1.22 bits per heavy atom. The smallest absolute Gasteiger partial charge is 0.222 e. The maximum Gasteiger partial charge on any atom is 0.222 e. The van der Waals surface area contributed by atoms with Crippen molar-refractivity contribution in [2.24, 2.45) is 0 Å². The van der Waals surface area contributed by atoms with Gasteiger partial charge in [0.1, 0.15) is 16.8 Å². The number of nitrogens with zero attached hydrogens (tertiary/aromatic N) is 6. The number of benzene rings is 1. The molecular formula is C23H34N8O. The Hall–Kier alpha value is -2.91. The van der Waals surface area contributed by atoms with E-state index in [0.717, 1.165) is 67.2 Å². The van der Waals surface area contributed by atoms with Gasteiger partial charge in [-0.2, -0.15) is 10.1 Å². The van der Waals surface area contributed by atoms with E-state index in [-0.39, 0.29) is 5.95 Å². The number of hydrogen-bond donors (Lipinski definition) is 2. The van der Waals surface area contributed by atoms with E-state index >= 15 is 0 Å². The largest absolute Gasteiger partial charge is 0.496 e. The molecule has 0 bridgehead atoms. The van der Waals surface area contributed by atoms with Crippen LogP contribution in [0, 0.1) is 0 Å². The SMILES string of the molecule is CCCCNc1nc(N)nc2cnn(Cc3cc(CN4CC(N(C)C)C4)ccc3OC)c12. The third kappa shape index (κ3) is 4.78. The van der Waals surface area contributed by atoms with Crippen LogP contribution in [-0.4, -0.2) is 76.4 Å². The Morgan fingerprint density at radius 3 is 2.75 bits per heavy atom. The van der Waals surface area contributed by atoms with Gasteiger partial charge < -0.3 is 20.7 Å². The Bertz CT molecular complexity index is 1060. The molecule has 0 radical (unpaired) electrons. The highest BCUT2D eigenvalue weighted by Gasteiger charge is 2.28. The second-order valence-corrected chi connectivity index (χ2v) is 8.70. The summed E-state index contributed by atoms with van der Waals surface area (Å²) < 4.78 is 7.58. The first kappa shape index (κ1) is 22.3. The lowest BCUT2D eigenvalue weighted by Gasteiger charge is -2.42. The average Bonchev–Trinajstić information content (AvgIpc) is 3.13. The van der Waals surface area contributed by atoms with Gasteiger partial charge in [0.2, 0.25) is 5.95 Å². The fraction of sp³-hybridized carbons (Fsp3) is 0.522. The summed E-state index contributed by atoms with van der Waals surface area (Å²) in [6.07, 6.45) is 3.91. The highest BCUT2D eigenvalue weighted by molar-refractivity contribution is 5.86. The molecule has 3 aromatic rings. The van der Waals surface area contributed by atoms with E-state index in [2.05, 4.69) is 69.4 Å². The van der Waals surface area contributed by atoms with Gasteiger partial charge in [-0.05, 0) is 38.2 Å².